The number of amides is 3. The molecule has 2 saturated heterocycles. The van der Waals surface area contributed by atoms with Gasteiger partial charge < -0.3 is 18.9 Å². The Hall–Kier alpha value is -5.03. The molecule has 0 aliphatic carbocycles. The van der Waals surface area contributed by atoms with E-state index < -0.39 is 60.5 Å². The van der Waals surface area contributed by atoms with Gasteiger partial charge in [-0.25, -0.2) is 19.2 Å². The van der Waals surface area contributed by atoms with Gasteiger partial charge in [-0.2, -0.15) is 0 Å². The van der Waals surface area contributed by atoms with Crippen molar-refractivity contribution < 1.29 is 42.9 Å². The van der Waals surface area contributed by atoms with E-state index in [1.807, 2.05) is 0 Å². The Morgan fingerprint density at radius 1 is 0.718 bits per heavy atom. The molecule has 2 aliphatic rings. The second-order valence-electron chi connectivity index (χ2n) is 8.69. The summed E-state index contributed by atoms with van der Waals surface area (Å²) in [6.45, 7) is -0.495. The van der Waals surface area contributed by atoms with Crippen molar-refractivity contribution in [2.24, 2.45) is 0 Å². The molecule has 0 aromatic heterocycles. The number of imide groups is 1. The van der Waals surface area contributed by atoms with Crippen molar-refractivity contribution >= 4 is 29.8 Å². The van der Waals surface area contributed by atoms with Gasteiger partial charge in [-0.05, 0) is 36.4 Å². The van der Waals surface area contributed by atoms with E-state index in [1.165, 1.54) is 24.3 Å². The summed E-state index contributed by atoms with van der Waals surface area (Å²) >= 11 is 0. The molecule has 39 heavy (non-hydrogen) atoms. The first-order valence-electron chi connectivity index (χ1n) is 11.9. The molecule has 0 bridgehead atoms. The van der Waals surface area contributed by atoms with E-state index in [9.17, 15) is 24.0 Å². The highest BCUT2D eigenvalue weighted by Crippen LogP contribution is 2.37. The first-order chi connectivity index (χ1) is 18.9. The van der Waals surface area contributed by atoms with Crippen molar-refractivity contribution in [3.05, 3.63) is 108 Å². The maximum atomic E-state index is 13.0. The van der Waals surface area contributed by atoms with Gasteiger partial charge in [0, 0.05) is 0 Å². The molecule has 11 nitrogen and oxygen atoms in total. The van der Waals surface area contributed by atoms with Gasteiger partial charge in [-0.3, -0.25) is 15.4 Å². The molecular formula is C28H22N2O9. The third kappa shape index (κ3) is 5.20. The van der Waals surface area contributed by atoms with E-state index in [1.54, 1.807) is 66.7 Å². The minimum absolute atomic E-state index is 0.143. The molecule has 11 heteroatoms. The molecule has 3 aromatic rings. The molecule has 0 radical (unpaired) electrons. The van der Waals surface area contributed by atoms with Crippen LogP contribution in [0.5, 0.6) is 0 Å². The van der Waals surface area contributed by atoms with E-state index in [0.717, 1.165) is 0 Å². The van der Waals surface area contributed by atoms with Crippen molar-refractivity contribution in [2.75, 3.05) is 6.61 Å². The highest BCUT2D eigenvalue weighted by Gasteiger charge is 2.67. The second kappa shape index (κ2) is 10.8. The third-order valence-electron chi connectivity index (χ3n) is 6.15. The van der Waals surface area contributed by atoms with E-state index >= 15 is 0 Å². The molecule has 1 spiro atoms. The van der Waals surface area contributed by atoms with Crippen molar-refractivity contribution in [1.82, 2.24) is 10.6 Å². The summed E-state index contributed by atoms with van der Waals surface area (Å²) in [5, 5.41) is 4.40. The predicted molar refractivity (Wildman–Crippen MR) is 132 cm³/mol. The normalized spacial score (nSPS) is 23.5. The molecule has 0 saturated carbocycles. The molecule has 3 aromatic carbocycles. The molecule has 5 rings (SSSR count). The Morgan fingerprint density at radius 2 is 1.21 bits per heavy atom. The number of benzene rings is 3. The van der Waals surface area contributed by atoms with Gasteiger partial charge in [-0.15, -0.1) is 0 Å². The quantitative estimate of drug-likeness (QED) is 0.267. The van der Waals surface area contributed by atoms with E-state index in [2.05, 4.69) is 10.6 Å². The number of ether oxygens (including phenoxy) is 4. The van der Waals surface area contributed by atoms with Crippen molar-refractivity contribution in [1.29, 1.82) is 0 Å². The Balaban J connectivity index is 1.47. The zero-order valence-corrected chi connectivity index (χ0v) is 20.3. The summed E-state index contributed by atoms with van der Waals surface area (Å²) in [4.78, 5) is 63.8. The summed E-state index contributed by atoms with van der Waals surface area (Å²) in [5.74, 6) is -3.34. The number of hydrogen-bond acceptors (Lipinski definition) is 9. The second-order valence-corrected chi connectivity index (χ2v) is 8.69. The SMILES string of the molecule is O=C1NC(=O)[C@@]2(N1)O[C@H](COC(=O)c1ccccc1)C(OC(=O)c1ccccc1)C2OC(=O)c1ccccc1. The number of rotatable bonds is 7. The Morgan fingerprint density at radius 3 is 1.69 bits per heavy atom. The van der Waals surface area contributed by atoms with Gasteiger partial charge in [0.05, 0.1) is 16.7 Å². The Bertz CT molecular complexity index is 1400. The number of carbonyl (C=O) groups is 5. The average molecular weight is 530 g/mol. The lowest BCUT2D eigenvalue weighted by atomic mass is 10.0. The van der Waals surface area contributed by atoms with Crippen LogP contribution in [-0.2, 0) is 23.7 Å². The largest absolute Gasteiger partial charge is 0.459 e. The number of esters is 3. The van der Waals surface area contributed by atoms with Crippen molar-refractivity contribution in [3.63, 3.8) is 0 Å². The van der Waals surface area contributed by atoms with E-state index in [4.69, 9.17) is 18.9 Å². The standard InChI is InChI=1S/C28H22N2O9/c31-23(17-10-4-1-5-11-17)36-16-20-21(37-24(32)18-12-6-2-7-13-18)22(28(39-20)26(34)29-27(35)30-28)38-25(33)19-14-8-3-9-15-19/h1-15,20-22H,16H2,(H2,29,30,34,35)/t20-,21?,22?,28+/m1/s1. The van der Waals surface area contributed by atoms with Crippen LogP contribution in [-0.4, -0.2) is 60.5 Å². The fourth-order valence-electron chi connectivity index (χ4n) is 4.29. The highest BCUT2D eigenvalue weighted by molar-refractivity contribution is 6.07. The van der Waals surface area contributed by atoms with Crippen LogP contribution in [0.2, 0.25) is 0 Å². The number of urea groups is 1. The summed E-state index contributed by atoms with van der Waals surface area (Å²) in [5.41, 5.74) is -1.68. The fourth-order valence-corrected chi connectivity index (χ4v) is 4.29. The summed E-state index contributed by atoms with van der Waals surface area (Å²) in [6, 6.07) is 23.1. The third-order valence-corrected chi connectivity index (χ3v) is 6.15. The van der Waals surface area contributed by atoms with Gasteiger partial charge in [0.25, 0.3) is 11.6 Å². The lowest BCUT2D eigenvalue weighted by Gasteiger charge is -2.28. The number of nitrogens with one attached hydrogen (secondary N) is 2. The van der Waals surface area contributed by atoms with Gasteiger partial charge in [0.1, 0.15) is 12.7 Å². The summed E-state index contributed by atoms with van der Waals surface area (Å²) in [6.07, 6.45) is -4.40. The molecule has 2 N–H and O–H groups in total. The van der Waals surface area contributed by atoms with Gasteiger partial charge in [0.15, 0.2) is 12.2 Å². The van der Waals surface area contributed by atoms with Gasteiger partial charge in [0.2, 0.25) is 0 Å². The maximum absolute atomic E-state index is 13.0. The number of carbonyl (C=O) groups excluding carboxylic acids is 5. The fraction of sp³-hybridized carbons (Fsp3) is 0.179. The van der Waals surface area contributed by atoms with Crippen LogP contribution in [0.4, 0.5) is 4.79 Å². The molecule has 4 atom stereocenters. The molecule has 2 unspecified atom stereocenters. The smallest absolute Gasteiger partial charge is 0.338 e. The highest BCUT2D eigenvalue weighted by atomic mass is 16.7. The molecule has 3 amide bonds. The first-order valence-corrected chi connectivity index (χ1v) is 11.9. The first kappa shape index (κ1) is 25.6. The topological polar surface area (TPSA) is 146 Å². The Labute approximate surface area is 222 Å². The van der Waals surface area contributed by atoms with Crippen molar-refractivity contribution in [3.8, 4) is 0 Å². The summed E-state index contributed by atoms with van der Waals surface area (Å²) in [7, 11) is 0. The van der Waals surface area contributed by atoms with Gasteiger partial charge in [-0.1, -0.05) is 54.6 Å². The average Bonchev–Trinajstić information content (AvgIpc) is 3.42. The molecular weight excluding hydrogens is 508 g/mol. The molecule has 2 heterocycles. The van der Waals surface area contributed by atoms with Crippen LogP contribution >= 0.6 is 0 Å². The molecule has 2 aliphatic heterocycles. The zero-order valence-electron chi connectivity index (χ0n) is 20.3. The van der Waals surface area contributed by atoms with Crippen LogP contribution in [0, 0.1) is 0 Å². The van der Waals surface area contributed by atoms with Crippen LogP contribution in [0.3, 0.4) is 0 Å². The van der Waals surface area contributed by atoms with E-state index in [0.29, 0.717) is 0 Å². The van der Waals surface area contributed by atoms with Crippen molar-refractivity contribution in [2.45, 2.75) is 24.0 Å². The lowest BCUT2D eigenvalue weighted by Crippen LogP contribution is -2.58. The molecule has 2 fully saturated rings. The zero-order chi connectivity index (χ0) is 27.4. The Kier molecular flexibility index (Phi) is 7.06. The number of hydrogen-bond donors (Lipinski definition) is 2. The van der Waals surface area contributed by atoms with Crippen LogP contribution < -0.4 is 10.6 Å². The maximum Gasteiger partial charge on any atom is 0.338 e. The van der Waals surface area contributed by atoms with E-state index in [-0.39, 0.29) is 16.7 Å². The predicted octanol–water partition coefficient (Wildman–Crippen LogP) is 2.23. The lowest BCUT2D eigenvalue weighted by molar-refractivity contribution is -0.153. The van der Waals surface area contributed by atoms with Crippen LogP contribution in [0.15, 0.2) is 91.0 Å². The minimum atomic E-state index is -2.24. The minimum Gasteiger partial charge on any atom is -0.459 e. The monoisotopic (exact) mass is 530 g/mol. The molecule has 198 valence electrons. The van der Waals surface area contributed by atoms with Crippen LogP contribution in [0.25, 0.3) is 0 Å². The van der Waals surface area contributed by atoms with Crippen LogP contribution in [0.1, 0.15) is 31.1 Å². The summed E-state index contributed by atoms with van der Waals surface area (Å²) < 4.78 is 22.7. The van der Waals surface area contributed by atoms with Gasteiger partial charge >= 0.3 is 23.9 Å².